The van der Waals surface area contributed by atoms with E-state index in [1.165, 1.54) is 83.5 Å². The largest absolute Gasteiger partial charge is 0.310 e. The molecule has 0 spiro atoms. The normalized spacial score (nSPS) is 14.1. The van der Waals surface area contributed by atoms with Crippen molar-refractivity contribution >= 4 is 17.1 Å². The average Bonchev–Trinajstić information content (AvgIpc) is 3.61. The van der Waals surface area contributed by atoms with Crippen LogP contribution in [0.15, 0.2) is 182 Å². The molecule has 0 saturated carbocycles. The van der Waals surface area contributed by atoms with Crippen LogP contribution in [0.2, 0.25) is 0 Å². The molecule has 8 aromatic rings. The van der Waals surface area contributed by atoms with Crippen LogP contribution in [0.25, 0.3) is 55.6 Å². The zero-order valence-electron chi connectivity index (χ0n) is 32.8. The minimum atomic E-state index is -0.0899. The smallest absolute Gasteiger partial charge is 0.0474 e. The highest BCUT2D eigenvalue weighted by Crippen LogP contribution is 2.52. The zero-order chi connectivity index (χ0) is 38.2. The molecule has 8 aromatic carbocycles. The van der Waals surface area contributed by atoms with Gasteiger partial charge in [0.2, 0.25) is 0 Å². The Kier molecular flexibility index (Phi) is 7.80. The summed E-state index contributed by atoms with van der Waals surface area (Å²) in [4.78, 5) is 2.42. The van der Waals surface area contributed by atoms with Crippen molar-refractivity contribution in [2.24, 2.45) is 0 Å². The summed E-state index contributed by atoms with van der Waals surface area (Å²) in [6.45, 7) is 11.8. The fraction of sp³-hybridized carbons (Fsp3) is 0.127. The molecule has 1 nitrogen and oxygen atoms in total. The second kappa shape index (κ2) is 12.8. The van der Waals surface area contributed by atoms with Gasteiger partial charge in [0.05, 0.1) is 0 Å². The van der Waals surface area contributed by atoms with Crippen molar-refractivity contribution in [3.63, 3.8) is 0 Å². The Labute approximate surface area is 331 Å². The van der Waals surface area contributed by atoms with Crippen molar-refractivity contribution in [1.29, 1.82) is 0 Å². The molecule has 0 atom stereocenters. The minimum absolute atomic E-state index is 0.0899. The van der Waals surface area contributed by atoms with E-state index >= 15 is 0 Å². The number of anilines is 3. The summed E-state index contributed by atoms with van der Waals surface area (Å²) < 4.78 is 0. The van der Waals surface area contributed by atoms with Crippen LogP contribution in [0.1, 0.15) is 55.5 Å². The lowest BCUT2D eigenvalue weighted by Crippen LogP contribution is -2.15. The van der Waals surface area contributed by atoms with Crippen LogP contribution in [0.3, 0.4) is 0 Å². The highest BCUT2D eigenvalue weighted by Gasteiger charge is 2.37. The summed E-state index contributed by atoms with van der Waals surface area (Å²) in [6, 6.07) is 67.5. The third-order valence-electron chi connectivity index (χ3n) is 12.7. The third-order valence-corrected chi connectivity index (χ3v) is 12.7. The predicted octanol–water partition coefficient (Wildman–Crippen LogP) is 15.1. The second-order valence-corrected chi connectivity index (χ2v) is 16.6. The topological polar surface area (TPSA) is 3.24 Å². The first kappa shape index (κ1) is 34.1. The van der Waals surface area contributed by atoms with E-state index in [1.54, 1.807) is 0 Å². The van der Waals surface area contributed by atoms with Crippen molar-refractivity contribution < 1.29 is 0 Å². The summed E-state index contributed by atoms with van der Waals surface area (Å²) in [5, 5.41) is 0. The quantitative estimate of drug-likeness (QED) is 0.165. The van der Waals surface area contributed by atoms with E-state index in [0.717, 1.165) is 17.1 Å². The minimum Gasteiger partial charge on any atom is -0.310 e. The molecule has 0 aliphatic heterocycles. The summed E-state index contributed by atoms with van der Waals surface area (Å²) >= 11 is 0. The summed E-state index contributed by atoms with van der Waals surface area (Å²) in [5.74, 6) is 0. The number of nitrogens with zero attached hydrogens (tertiary/aromatic N) is 1. The van der Waals surface area contributed by atoms with Crippen molar-refractivity contribution in [1.82, 2.24) is 0 Å². The van der Waals surface area contributed by atoms with Gasteiger partial charge >= 0.3 is 0 Å². The molecule has 0 heterocycles. The van der Waals surface area contributed by atoms with Gasteiger partial charge in [0.15, 0.2) is 0 Å². The fourth-order valence-corrected chi connectivity index (χ4v) is 9.63. The SMILES string of the molecule is Cc1c(-c2ccc3c(c2)C(C)(C)c2ccccc2-3)cc(N(c2ccccc2)c2ccc(-c3ccccc3)cc2)cc1-c1ccc2c(c1)C(C)(C)c1ccccc1-2. The molecule has 2 aliphatic carbocycles. The van der Waals surface area contributed by atoms with Crippen LogP contribution in [0.4, 0.5) is 17.1 Å². The molecule has 270 valence electrons. The van der Waals surface area contributed by atoms with Crippen molar-refractivity contribution in [2.75, 3.05) is 4.90 Å². The molecule has 0 radical (unpaired) electrons. The van der Waals surface area contributed by atoms with E-state index in [4.69, 9.17) is 0 Å². The van der Waals surface area contributed by atoms with E-state index in [-0.39, 0.29) is 10.8 Å². The number of para-hydroxylation sites is 1. The molecule has 10 rings (SSSR count). The van der Waals surface area contributed by atoms with Gasteiger partial charge < -0.3 is 4.90 Å². The van der Waals surface area contributed by atoms with Crippen LogP contribution in [0.5, 0.6) is 0 Å². The van der Waals surface area contributed by atoms with E-state index in [0.29, 0.717) is 0 Å². The lowest BCUT2D eigenvalue weighted by molar-refractivity contribution is 0.660. The summed E-state index contributed by atoms with van der Waals surface area (Å²) in [7, 11) is 0. The Hall–Kier alpha value is -6.44. The Bertz CT molecular complexity index is 2660. The maximum Gasteiger partial charge on any atom is 0.0474 e. The number of hydrogen-bond acceptors (Lipinski definition) is 1. The van der Waals surface area contributed by atoms with Gasteiger partial charge in [0.1, 0.15) is 0 Å². The van der Waals surface area contributed by atoms with Gasteiger partial charge in [-0.25, -0.2) is 0 Å². The number of benzene rings is 8. The summed E-state index contributed by atoms with van der Waals surface area (Å²) in [6.07, 6.45) is 0. The average molecular weight is 720 g/mol. The molecule has 0 saturated heterocycles. The maximum absolute atomic E-state index is 2.47. The fourth-order valence-electron chi connectivity index (χ4n) is 9.63. The van der Waals surface area contributed by atoms with E-state index in [9.17, 15) is 0 Å². The van der Waals surface area contributed by atoms with Gasteiger partial charge in [0.25, 0.3) is 0 Å². The van der Waals surface area contributed by atoms with E-state index < -0.39 is 0 Å². The number of fused-ring (bicyclic) bond motifs is 6. The molecule has 0 bridgehead atoms. The molecule has 56 heavy (non-hydrogen) atoms. The van der Waals surface area contributed by atoms with Gasteiger partial charge in [-0.15, -0.1) is 0 Å². The van der Waals surface area contributed by atoms with Gasteiger partial charge in [-0.3, -0.25) is 0 Å². The predicted molar refractivity (Wildman–Crippen MR) is 237 cm³/mol. The monoisotopic (exact) mass is 719 g/mol. The second-order valence-electron chi connectivity index (χ2n) is 16.6. The van der Waals surface area contributed by atoms with Gasteiger partial charge in [-0.2, -0.15) is 0 Å². The maximum atomic E-state index is 2.47. The van der Waals surface area contributed by atoms with Crippen molar-refractivity contribution in [3.05, 3.63) is 210 Å². The zero-order valence-corrected chi connectivity index (χ0v) is 32.8. The van der Waals surface area contributed by atoms with Crippen LogP contribution in [-0.2, 0) is 10.8 Å². The van der Waals surface area contributed by atoms with E-state index in [1.807, 2.05) is 0 Å². The molecule has 2 aliphatic rings. The lowest BCUT2D eigenvalue weighted by atomic mass is 9.80. The van der Waals surface area contributed by atoms with Crippen LogP contribution in [-0.4, -0.2) is 0 Å². The molecule has 0 aromatic heterocycles. The molecule has 0 unspecified atom stereocenters. The van der Waals surface area contributed by atoms with Gasteiger partial charge in [0, 0.05) is 27.9 Å². The standard InChI is InChI=1S/C55H45N/c1-36-48(39-26-30-46-44-20-12-14-22-50(44)54(2,3)52(46)32-39)34-43(35-49(36)40-27-31-47-45-21-13-15-23-51(45)55(4,5)53(47)33-40)56(41-18-10-7-11-19-41)42-28-24-38(25-29-42)37-16-8-6-9-17-37/h6-35H,1-5H3. The lowest BCUT2D eigenvalue weighted by Gasteiger charge is -2.28. The van der Waals surface area contributed by atoms with Gasteiger partial charge in [-0.05, 0) is 139 Å². The van der Waals surface area contributed by atoms with Gasteiger partial charge in [-0.1, -0.05) is 161 Å². The summed E-state index contributed by atoms with van der Waals surface area (Å²) in [5.41, 5.74) is 22.8. The Morgan fingerprint density at radius 1 is 0.304 bits per heavy atom. The van der Waals surface area contributed by atoms with Crippen LogP contribution >= 0.6 is 0 Å². The van der Waals surface area contributed by atoms with E-state index in [2.05, 4.69) is 222 Å². The highest BCUT2D eigenvalue weighted by atomic mass is 15.1. The van der Waals surface area contributed by atoms with Crippen molar-refractivity contribution in [3.8, 4) is 55.6 Å². The highest BCUT2D eigenvalue weighted by molar-refractivity contribution is 5.91. The number of hydrogen-bond donors (Lipinski definition) is 0. The molecular weight excluding hydrogens is 675 g/mol. The molecule has 0 fully saturated rings. The molecule has 0 N–H and O–H groups in total. The first-order chi connectivity index (χ1) is 27.2. The number of rotatable bonds is 6. The third kappa shape index (κ3) is 5.29. The Morgan fingerprint density at radius 3 is 1.21 bits per heavy atom. The Morgan fingerprint density at radius 2 is 0.696 bits per heavy atom. The van der Waals surface area contributed by atoms with Crippen LogP contribution in [0, 0.1) is 6.92 Å². The Balaban J connectivity index is 1.19. The molecule has 0 amide bonds. The first-order valence-corrected chi connectivity index (χ1v) is 19.8. The molecular formula is C55H45N. The van der Waals surface area contributed by atoms with Crippen LogP contribution < -0.4 is 4.90 Å². The van der Waals surface area contributed by atoms with Crippen molar-refractivity contribution in [2.45, 2.75) is 45.4 Å². The first-order valence-electron chi connectivity index (χ1n) is 19.8. The molecule has 1 heteroatoms.